The van der Waals surface area contributed by atoms with E-state index in [4.69, 9.17) is 4.74 Å². The van der Waals surface area contributed by atoms with Crippen LogP contribution in [0.3, 0.4) is 0 Å². The van der Waals surface area contributed by atoms with Crippen molar-refractivity contribution in [2.75, 3.05) is 11.9 Å². The van der Waals surface area contributed by atoms with Crippen LogP contribution in [0, 0.1) is 0 Å². The Bertz CT molecular complexity index is 559. The second-order valence-corrected chi connectivity index (χ2v) is 6.13. The van der Waals surface area contributed by atoms with Crippen molar-refractivity contribution in [2.24, 2.45) is 0 Å². The normalized spacial score (nSPS) is 10.8. The van der Waals surface area contributed by atoms with E-state index in [9.17, 15) is 14.4 Å². The summed E-state index contributed by atoms with van der Waals surface area (Å²) in [5.41, 5.74) is 0.785. The number of ether oxygens (including phenoxy) is 1. The van der Waals surface area contributed by atoms with E-state index in [-0.39, 0.29) is 30.2 Å². The van der Waals surface area contributed by atoms with Crippen molar-refractivity contribution in [1.82, 2.24) is 5.32 Å². The maximum atomic E-state index is 12.0. The van der Waals surface area contributed by atoms with Gasteiger partial charge in [0.1, 0.15) is 0 Å². The van der Waals surface area contributed by atoms with Gasteiger partial charge >= 0.3 is 5.97 Å². The standard InChI is InChI=1S/C17H24N2O4/c1-5-23-15(21)11-10-14(20)18-13-8-6-12(7-9-13)16(22)19-17(2,3)4/h6-9H,5,10-11H2,1-4H3,(H,18,20)(H,19,22). The van der Waals surface area contributed by atoms with E-state index in [0.29, 0.717) is 17.9 Å². The van der Waals surface area contributed by atoms with Gasteiger partial charge in [-0.05, 0) is 52.0 Å². The van der Waals surface area contributed by atoms with Crippen LogP contribution in [0.5, 0.6) is 0 Å². The summed E-state index contributed by atoms with van der Waals surface area (Å²) in [5.74, 6) is -0.834. The molecule has 126 valence electrons. The van der Waals surface area contributed by atoms with Crippen LogP contribution in [-0.2, 0) is 14.3 Å². The molecule has 0 spiro atoms. The molecule has 23 heavy (non-hydrogen) atoms. The Balaban J connectivity index is 2.52. The minimum Gasteiger partial charge on any atom is -0.466 e. The average Bonchev–Trinajstić information content (AvgIpc) is 2.44. The molecule has 0 aliphatic rings. The van der Waals surface area contributed by atoms with Gasteiger partial charge in [-0.25, -0.2) is 0 Å². The Kier molecular flexibility index (Phi) is 6.75. The van der Waals surface area contributed by atoms with Crippen LogP contribution in [0.1, 0.15) is 50.9 Å². The molecular formula is C17H24N2O4. The molecule has 0 unspecified atom stereocenters. The highest BCUT2D eigenvalue weighted by Gasteiger charge is 2.15. The van der Waals surface area contributed by atoms with Crippen LogP contribution in [0.15, 0.2) is 24.3 Å². The zero-order valence-corrected chi connectivity index (χ0v) is 14.1. The van der Waals surface area contributed by atoms with Crippen molar-refractivity contribution in [2.45, 2.75) is 46.1 Å². The number of hydrogen-bond acceptors (Lipinski definition) is 4. The first-order chi connectivity index (χ1) is 10.7. The highest BCUT2D eigenvalue weighted by Crippen LogP contribution is 2.11. The van der Waals surface area contributed by atoms with Gasteiger partial charge in [0.15, 0.2) is 0 Å². The van der Waals surface area contributed by atoms with E-state index in [2.05, 4.69) is 10.6 Å². The zero-order valence-electron chi connectivity index (χ0n) is 14.1. The van der Waals surface area contributed by atoms with Crippen LogP contribution in [-0.4, -0.2) is 29.9 Å². The number of esters is 1. The predicted molar refractivity (Wildman–Crippen MR) is 88.2 cm³/mol. The summed E-state index contributed by atoms with van der Waals surface area (Å²) in [6.45, 7) is 7.74. The molecule has 0 aliphatic heterocycles. The monoisotopic (exact) mass is 320 g/mol. The fourth-order valence-corrected chi connectivity index (χ4v) is 1.79. The molecule has 0 aliphatic carbocycles. The van der Waals surface area contributed by atoms with E-state index < -0.39 is 5.97 Å². The largest absolute Gasteiger partial charge is 0.466 e. The van der Waals surface area contributed by atoms with Crippen molar-refractivity contribution in [1.29, 1.82) is 0 Å². The van der Waals surface area contributed by atoms with Crippen molar-refractivity contribution in [3.8, 4) is 0 Å². The minimum absolute atomic E-state index is 0.0474. The van der Waals surface area contributed by atoms with Gasteiger partial charge in [0.05, 0.1) is 13.0 Å². The lowest BCUT2D eigenvalue weighted by Gasteiger charge is -2.20. The van der Waals surface area contributed by atoms with Gasteiger partial charge in [-0.2, -0.15) is 0 Å². The van der Waals surface area contributed by atoms with Crippen LogP contribution in [0.4, 0.5) is 5.69 Å². The Labute approximate surface area is 136 Å². The number of benzene rings is 1. The second kappa shape index (κ2) is 8.31. The first-order valence-corrected chi connectivity index (χ1v) is 7.59. The summed E-state index contributed by atoms with van der Waals surface area (Å²) in [6, 6.07) is 6.59. The van der Waals surface area contributed by atoms with E-state index in [1.807, 2.05) is 20.8 Å². The number of amides is 2. The lowest BCUT2D eigenvalue weighted by Crippen LogP contribution is -2.40. The SMILES string of the molecule is CCOC(=O)CCC(=O)Nc1ccc(C(=O)NC(C)(C)C)cc1. The Hall–Kier alpha value is -2.37. The molecule has 2 N–H and O–H groups in total. The molecule has 0 saturated carbocycles. The fourth-order valence-electron chi connectivity index (χ4n) is 1.79. The van der Waals surface area contributed by atoms with Gasteiger partial charge in [0.25, 0.3) is 5.91 Å². The van der Waals surface area contributed by atoms with Gasteiger partial charge in [-0.15, -0.1) is 0 Å². The van der Waals surface area contributed by atoms with Crippen LogP contribution in [0.25, 0.3) is 0 Å². The van der Waals surface area contributed by atoms with Crippen molar-refractivity contribution in [3.63, 3.8) is 0 Å². The highest BCUT2D eigenvalue weighted by atomic mass is 16.5. The lowest BCUT2D eigenvalue weighted by molar-refractivity contribution is -0.144. The van der Waals surface area contributed by atoms with Crippen molar-refractivity contribution < 1.29 is 19.1 Å². The molecular weight excluding hydrogens is 296 g/mol. The van der Waals surface area contributed by atoms with Crippen molar-refractivity contribution in [3.05, 3.63) is 29.8 Å². The summed E-state index contributed by atoms with van der Waals surface area (Å²) in [6.07, 6.45) is 0.108. The number of carbonyl (C=O) groups is 3. The fraction of sp³-hybridized carbons (Fsp3) is 0.471. The summed E-state index contributed by atoms with van der Waals surface area (Å²) in [4.78, 5) is 34.9. The number of nitrogens with one attached hydrogen (secondary N) is 2. The van der Waals surface area contributed by atoms with Crippen LogP contribution in [0.2, 0.25) is 0 Å². The third-order valence-corrected chi connectivity index (χ3v) is 2.78. The first-order valence-electron chi connectivity index (χ1n) is 7.59. The predicted octanol–water partition coefficient (Wildman–Crippen LogP) is 2.50. The molecule has 1 rings (SSSR count). The van der Waals surface area contributed by atoms with Gasteiger partial charge in [-0.3, -0.25) is 14.4 Å². The molecule has 0 bridgehead atoms. The number of anilines is 1. The third-order valence-electron chi connectivity index (χ3n) is 2.78. The Morgan fingerprint density at radius 1 is 1.04 bits per heavy atom. The average molecular weight is 320 g/mol. The maximum absolute atomic E-state index is 12.0. The van der Waals surface area contributed by atoms with E-state index in [0.717, 1.165) is 0 Å². The maximum Gasteiger partial charge on any atom is 0.306 e. The highest BCUT2D eigenvalue weighted by molar-refractivity contribution is 5.96. The zero-order chi connectivity index (χ0) is 17.5. The Morgan fingerprint density at radius 3 is 2.17 bits per heavy atom. The molecule has 1 aromatic carbocycles. The summed E-state index contributed by atoms with van der Waals surface area (Å²) in [5, 5.41) is 5.54. The molecule has 0 fully saturated rings. The first kappa shape index (κ1) is 18.7. The molecule has 0 atom stereocenters. The molecule has 0 heterocycles. The van der Waals surface area contributed by atoms with E-state index >= 15 is 0 Å². The minimum atomic E-state index is -0.392. The molecule has 0 aromatic heterocycles. The summed E-state index contributed by atoms with van der Waals surface area (Å²) in [7, 11) is 0. The van der Waals surface area contributed by atoms with Gasteiger partial charge in [0.2, 0.25) is 5.91 Å². The molecule has 0 radical (unpaired) electrons. The number of hydrogen-bond donors (Lipinski definition) is 2. The van der Waals surface area contributed by atoms with E-state index in [1.54, 1.807) is 31.2 Å². The van der Waals surface area contributed by atoms with Crippen LogP contribution >= 0.6 is 0 Å². The quantitative estimate of drug-likeness (QED) is 0.789. The van der Waals surface area contributed by atoms with Crippen molar-refractivity contribution >= 4 is 23.5 Å². The molecule has 1 aromatic rings. The van der Waals surface area contributed by atoms with Crippen LogP contribution < -0.4 is 10.6 Å². The number of rotatable bonds is 6. The smallest absolute Gasteiger partial charge is 0.306 e. The molecule has 2 amide bonds. The number of carbonyl (C=O) groups excluding carboxylic acids is 3. The third kappa shape index (κ3) is 7.44. The van der Waals surface area contributed by atoms with Gasteiger partial charge in [-0.1, -0.05) is 0 Å². The molecule has 0 saturated heterocycles. The second-order valence-electron chi connectivity index (χ2n) is 6.13. The Morgan fingerprint density at radius 2 is 1.65 bits per heavy atom. The summed E-state index contributed by atoms with van der Waals surface area (Å²) < 4.78 is 4.76. The lowest BCUT2D eigenvalue weighted by atomic mass is 10.1. The molecule has 6 nitrogen and oxygen atoms in total. The van der Waals surface area contributed by atoms with Gasteiger partial charge < -0.3 is 15.4 Å². The topological polar surface area (TPSA) is 84.5 Å². The van der Waals surface area contributed by atoms with E-state index in [1.165, 1.54) is 0 Å². The molecule has 6 heteroatoms. The summed E-state index contributed by atoms with van der Waals surface area (Å²) >= 11 is 0. The van der Waals surface area contributed by atoms with Gasteiger partial charge in [0, 0.05) is 23.2 Å².